The van der Waals surface area contributed by atoms with Crippen molar-refractivity contribution >= 4 is 33.1 Å². The highest BCUT2D eigenvalue weighted by molar-refractivity contribution is 7.88. The van der Waals surface area contributed by atoms with E-state index in [1.54, 1.807) is 31.2 Å². The zero-order valence-corrected chi connectivity index (χ0v) is 18.0. The molecule has 0 amide bonds. The van der Waals surface area contributed by atoms with E-state index < -0.39 is 22.6 Å². The molecular formula is C20H20N2O6S2. The van der Waals surface area contributed by atoms with E-state index in [9.17, 15) is 18.0 Å². The van der Waals surface area contributed by atoms with Crippen LogP contribution in [0.15, 0.2) is 47.0 Å². The van der Waals surface area contributed by atoms with Gasteiger partial charge in [-0.05, 0) is 25.5 Å². The molecule has 0 aliphatic carbocycles. The van der Waals surface area contributed by atoms with E-state index in [1.165, 1.54) is 11.3 Å². The van der Waals surface area contributed by atoms with Crippen molar-refractivity contribution in [2.45, 2.75) is 13.3 Å². The fourth-order valence-corrected chi connectivity index (χ4v) is 4.11. The van der Waals surface area contributed by atoms with Crippen LogP contribution in [0.1, 0.15) is 30.7 Å². The van der Waals surface area contributed by atoms with E-state index in [1.807, 2.05) is 18.2 Å². The highest BCUT2D eigenvalue weighted by Crippen LogP contribution is 2.26. The number of aryl methyl sites for hydroxylation is 1. The smallest absolute Gasteiger partial charge is 0.344 e. The van der Waals surface area contributed by atoms with Crippen molar-refractivity contribution in [1.29, 1.82) is 0 Å². The van der Waals surface area contributed by atoms with E-state index in [2.05, 4.69) is 9.88 Å². The van der Waals surface area contributed by atoms with Crippen LogP contribution >= 0.6 is 11.3 Å². The lowest BCUT2D eigenvalue weighted by Gasteiger charge is -2.04. The van der Waals surface area contributed by atoms with Gasteiger partial charge in [-0.1, -0.05) is 35.5 Å². The molecule has 3 aromatic rings. The summed E-state index contributed by atoms with van der Waals surface area (Å²) >= 11 is 1.24. The van der Waals surface area contributed by atoms with Gasteiger partial charge >= 0.3 is 5.97 Å². The average Bonchev–Trinajstić information content (AvgIpc) is 3.32. The van der Waals surface area contributed by atoms with Crippen LogP contribution in [0.25, 0.3) is 11.3 Å². The molecule has 158 valence electrons. The number of hydrogen-bond donors (Lipinski definition) is 1. The van der Waals surface area contributed by atoms with Crippen LogP contribution < -0.4 is 4.72 Å². The molecule has 3 rings (SSSR count). The largest absolute Gasteiger partial charge is 0.454 e. The molecule has 1 N–H and O–H groups in total. The second-order valence-corrected chi connectivity index (χ2v) is 9.51. The van der Waals surface area contributed by atoms with Gasteiger partial charge in [-0.3, -0.25) is 4.79 Å². The van der Waals surface area contributed by atoms with Gasteiger partial charge in [0.05, 0.1) is 11.1 Å². The van der Waals surface area contributed by atoms with Crippen molar-refractivity contribution in [3.05, 3.63) is 63.5 Å². The highest BCUT2D eigenvalue weighted by atomic mass is 32.2. The monoisotopic (exact) mass is 448 g/mol. The quantitative estimate of drug-likeness (QED) is 0.395. The van der Waals surface area contributed by atoms with Crippen LogP contribution in [0.2, 0.25) is 0 Å². The summed E-state index contributed by atoms with van der Waals surface area (Å²) in [6.45, 7) is 1.43. The molecule has 2 heterocycles. The Balaban J connectivity index is 1.61. The molecule has 0 saturated heterocycles. The zero-order valence-electron chi connectivity index (χ0n) is 16.4. The second kappa shape index (κ2) is 9.33. The fraction of sp³-hybridized carbons (Fsp3) is 0.250. The van der Waals surface area contributed by atoms with Gasteiger partial charge in [-0.15, -0.1) is 11.3 Å². The molecule has 0 aliphatic heterocycles. The highest BCUT2D eigenvalue weighted by Gasteiger charge is 2.24. The summed E-state index contributed by atoms with van der Waals surface area (Å²) in [5.74, 6) is -0.718. The number of thiophene rings is 1. The van der Waals surface area contributed by atoms with Crippen LogP contribution in [-0.2, 0) is 21.2 Å². The third-order valence-corrected chi connectivity index (χ3v) is 6.04. The van der Waals surface area contributed by atoms with Gasteiger partial charge in [0, 0.05) is 17.0 Å². The minimum Gasteiger partial charge on any atom is -0.454 e. The van der Waals surface area contributed by atoms with Gasteiger partial charge in [0.25, 0.3) is 0 Å². The van der Waals surface area contributed by atoms with Crippen molar-refractivity contribution in [2.75, 3.05) is 19.4 Å². The Bertz CT molecular complexity index is 1150. The summed E-state index contributed by atoms with van der Waals surface area (Å²) in [4.78, 5) is 26.2. The van der Waals surface area contributed by atoms with Crippen LogP contribution in [0, 0.1) is 6.92 Å². The maximum Gasteiger partial charge on any atom is 0.344 e. The Kier molecular flexibility index (Phi) is 6.80. The summed E-state index contributed by atoms with van der Waals surface area (Å²) < 4.78 is 34.9. The third kappa shape index (κ3) is 5.62. The Morgan fingerprint density at radius 1 is 1.17 bits per heavy atom. The lowest BCUT2D eigenvalue weighted by molar-refractivity contribution is 0.0474. The zero-order chi connectivity index (χ0) is 21.7. The molecule has 0 fully saturated rings. The molecule has 0 spiro atoms. The predicted octanol–water partition coefficient (Wildman–Crippen LogP) is 2.84. The Morgan fingerprint density at radius 2 is 1.90 bits per heavy atom. The number of benzene rings is 1. The Morgan fingerprint density at radius 3 is 2.60 bits per heavy atom. The van der Waals surface area contributed by atoms with Gasteiger partial charge in [0.2, 0.25) is 15.8 Å². The number of aromatic nitrogens is 1. The Labute approximate surface area is 177 Å². The Hall–Kier alpha value is -2.82. The summed E-state index contributed by atoms with van der Waals surface area (Å²) in [7, 11) is -3.25. The number of nitrogens with zero attached hydrogens (tertiary/aromatic N) is 1. The van der Waals surface area contributed by atoms with E-state index >= 15 is 0 Å². The fourth-order valence-electron chi connectivity index (χ4n) is 2.70. The first-order chi connectivity index (χ1) is 14.2. The maximum absolute atomic E-state index is 12.6. The number of ketones is 1. The summed E-state index contributed by atoms with van der Waals surface area (Å²) in [5.41, 5.74) is 1.26. The average molecular weight is 449 g/mol. The molecule has 10 heteroatoms. The molecule has 1 aromatic carbocycles. The van der Waals surface area contributed by atoms with E-state index in [0.29, 0.717) is 28.3 Å². The van der Waals surface area contributed by atoms with E-state index in [4.69, 9.17) is 9.26 Å². The molecule has 2 aromatic heterocycles. The van der Waals surface area contributed by atoms with E-state index in [0.717, 1.165) is 11.1 Å². The molecule has 0 aliphatic rings. The first-order valence-electron chi connectivity index (χ1n) is 9.00. The SMILES string of the molecule is Cc1onc(-c2ccccc2)c1C(=O)OCC(=O)c1ccc(CCNS(C)(=O)=O)s1. The van der Waals surface area contributed by atoms with Gasteiger partial charge in [-0.25, -0.2) is 17.9 Å². The third-order valence-electron chi connectivity index (χ3n) is 4.12. The van der Waals surface area contributed by atoms with Gasteiger partial charge in [0.15, 0.2) is 6.61 Å². The van der Waals surface area contributed by atoms with Gasteiger partial charge in [-0.2, -0.15) is 0 Å². The van der Waals surface area contributed by atoms with Gasteiger partial charge < -0.3 is 9.26 Å². The minimum absolute atomic E-state index is 0.188. The number of carbonyl (C=O) groups is 2. The molecule has 0 unspecified atom stereocenters. The molecule has 30 heavy (non-hydrogen) atoms. The number of nitrogens with one attached hydrogen (secondary N) is 1. The molecule has 0 atom stereocenters. The van der Waals surface area contributed by atoms with Gasteiger partial charge in [0.1, 0.15) is 17.0 Å². The normalized spacial score (nSPS) is 11.4. The minimum atomic E-state index is -3.25. The van der Waals surface area contributed by atoms with Crippen LogP contribution in [0.3, 0.4) is 0 Å². The summed E-state index contributed by atoms with van der Waals surface area (Å²) in [5, 5.41) is 3.93. The number of hydrogen-bond acceptors (Lipinski definition) is 8. The lowest BCUT2D eigenvalue weighted by Crippen LogP contribution is -2.24. The molecule has 8 nitrogen and oxygen atoms in total. The first kappa shape index (κ1) is 21.9. The number of esters is 1. The van der Waals surface area contributed by atoms with Crippen molar-refractivity contribution < 1.29 is 27.3 Å². The number of Topliss-reactive ketones (excluding diaryl/α,β-unsaturated/α-hetero) is 1. The van der Waals surface area contributed by atoms with Crippen LogP contribution in [-0.4, -0.2) is 44.7 Å². The van der Waals surface area contributed by atoms with Crippen LogP contribution in [0.4, 0.5) is 0 Å². The number of carbonyl (C=O) groups excluding carboxylic acids is 2. The number of rotatable bonds is 9. The standard InChI is InChI=1S/C20H20N2O6S2/c1-13-18(19(22-28-13)14-6-4-3-5-7-14)20(24)27-12-16(23)17-9-8-15(29-17)10-11-21-30(2,25)26/h3-9,21H,10-12H2,1-2H3. The van der Waals surface area contributed by atoms with Crippen molar-refractivity contribution in [3.8, 4) is 11.3 Å². The predicted molar refractivity (Wildman–Crippen MR) is 112 cm³/mol. The summed E-state index contributed by atoms with van der Waals surface area (Å²) in [6.07, 6.45) is 1.55. The van der Waals surface area contributed by atoms with Crippen molar-refractivity contribution in [2.24, 2.45) is 0 Å². The number of ether oxygens (including phenoxy) is 1. The lowest BCUT2D eigenvalue weighted by atomic mass is 10.1. The molecular weight excluding hydrogens is 428 g/mol. The summed E-state index contributed by atoms with van der Waals surface area (Å²) in [6, 6.07) is 12.5. The maximum atomic E-state index is 12.6. The van der Waals surface area contributed by atoms with E-state index in [-0.39, 0.29) is 17.9 Å². The van der Waals surface area contributed by atoms with Crippen molar-refractivity contribution in [3.63, 3.8) is 0 Å². The first-order valence-corrected chi connectivity index (χ1v) is 11.7. The van der Waals surface area contributed by atoms with Crippen molar-refractivity contribution in [1.82, 2.24) is 9.88 Å². The second-order valence-electron chi connectivity index (χ2n) is 6.51. The number of sulfonamides is 1. The molecule has 0 radical (unpaired) electrons. The topological polar surface area (TPSA) is 116 Å². The van der Waals surface area contributed by atoms with Crippen LogP contribution in [0.5, 0.6) is 0 Å². The molecule has 0 bridgehead atoms. The molecule has 0 saturated carbocycles.